The number of nitrogens with zero attached hydrogens (tertiary/aromatic N) is 1. The molecule has 1 amide bonds. The van der Waals surface area contributed by atoms with Crippen molar-refractivity contribution < 1.29 is 9.21 Å². The van der Waals surface area contributed by atoms with Crippen molar-refractivity contribution in [2.75, 3.05) is 7.05 Å². The number of carbonyl (C=O) groups excluding carboxylic acids is 1. The van der Waals surface area contributed by atoms with E-state index in [4.69, 9.17) is 16.6 Å². The normalized spacial score (nSPS) is 10.6. The largest absolute Gasteiger partial charge is 0.462 e. The van der Waals surface area contributed by atoms with Crippen LogP contribution in [0.1, 0.15) is 17.1 Å². The van der Waals surface area contributed by atoms with Gasteiger partial charge in [-0.3, -0.25) is 10.1 Å². The van der Waals surface area contributed by atoms with Crippen molar-refractivity contribution in [1.29, 1.82) is 0 Å². The zero-order chi connectivity index (χ0) is 15.9. The van der Waals surface area contributed by atoms with Crippen molar-refractivity contribution in [1.82, 2.24) is 10.2 Å². The summed E-state index contributed by atoms with van der Waals surface area (Å²) in [6, 6.07) is 13.6. The van der Waals surface area contributed by atoms with Crippen molar-refractivity contribution in [2.24, 2.45) is 0 Å². The SMILES string of the molecule is Cc1ccc(/C=C/C(=O)NC(=S)N(C)Cc2ccccc2)o1. The lowest BCUT2D eigenvalue weighted by molar-refractivity contribution is -0.115. The van der Waals surface area contributed by atoms with Crippen molar-refractivity contribution in [3.05, 3.63) is 65.6 Å². The molecule has 0 bridgehead atoms. The Morgan fingerprint density at radius 3 is 2.64 bits per heavy atom. The Labute approximate surface area is 135 Å². The van der Waals surface area contributed by atoms with Crippen LogP contribution in [-0.4, -0.2) is 23.0 Å². The lowest BCUT2D eigenvalue weighted by Gasteiger charge is -2.19. The van der Waals surface area contributed by atoms with Crippen molar-refractivity contribution in [3.63, 3.8) is 0 Å². The predicted molar refractivity (Wildman–Crippen MR) is 91.1 cm³/mol. The highest BCUT2D eigenvalue weighted by molar-refractivity contribution is 7.80. The maximum Gasteiger partial charge on any atom is 0.250 e. The van der Waals surface area contributed by atoms with Crippen LogP contribution < -0.4 is 5.32 Å². The number of hydrogen-bond acceptors (Lipinski definition) is 3. The number of carbonyl (C=O) groups is 1. The Kier molecular flexibility index (Phi) is 5.49. The molecule has 1 aromatic carbocycles. The first kappa shape index (κ1) is 16.0. The average Bonchev–Trinajstić information content (AvgIpc) is 2.92. The molecule has 0 atom stereocenters. The molecular formula is C17H18N2O2S. The highest BCUT2D eigenvalue weighted by Gasteiger charge is 2.07. The summed E-state index contributed by atoms with van der Waals surface area (Å²) in [6.07, 6.45) is 3.02. The van der Waals surface area contributed by atoms with Crippen LogP contribution in [0, 0.1) is 6.92 Å². The van der Waals surface area contributed by atoms with E-state index in [-0.39, 0.29) is 5.91 Å². The van der Waals surface area contributed by atoms with Gasteiger partial charge in [-0.1, -0.05) is 30.3 Å². The molecule has 0 aliphatic rings. The van der Waals surface area contributed by atoms with Crippen LogP contribution in [-0.2, 0) is 11.3 Å². The summed E-state index contributed by atoms with van der Waals surface area (Å²) in [6.45, 7) is 2.49. The second kappa shape index (κ2) is 7.56. The Balaban J connectivity index is 1.85. The fraction of sp³-hybridized carbons (Fsp3) is 0.176. The molecule has 2 rings (SSSR count). The molecule has 22 heavy (non-hydrogen) atoms. The fourth-order valence-electron chi connectivity index (χ4n) is 1.87. The molecule has 0 saturated carbocycles. The van der Waals surface area contributed by atoms with E-state index in [0.717, 1.165) is 11.3 Å². The standard InChI is InChI=1S/C17H18N2O2S/c1-13-8-9-15(21-13)10-11-16(20)18-17(22)19(2)12-14-6-4-3-5-7-14/h3-11H,12H2,1-2H3,(H,18,20,22)/b11-10+. The van der Waals surface area contributed by atoms with Crippen molar-refractivity contribution >= 4 is 29.3 Å². The van der Waals surface area contributed by atoms with Gasteiger partial charge in [0.15, 0.2) is 5.11 Å². The molecule has 0 fully saturated rings. The second-order valence-corrected chi connectivity index (χ2v) is 5.30. The van der Waals surface area contributed by atoms with Gasteiger partial charge in [-0.05, 0) is 42.9 Å². The molecule has 0 radical (unpaired) electrons. The first-order valence-electron chi connectivity index (χ1n) is 6.89. The van der Waals surface area contributed by atoms with Gasteiger partial charge >= 0.3 is 0 Å². The van der Waals surface area contributed by atoms with Crippen LogP contribution >= 0.6 is 12.2 Å². The highest BCUT2D eigenvalue weighted by Crippen LogP contribution is 2.07. The molecule has 0 saturated heterocycles. The van der Waals surface area contributed by atoms with E-state index in [1.54, 1.807) is 12.1 Å². The average molecular weight is 314 g/mol. The monoisotopic (exact) mass is 314 g/mol. The fourth-order valence-corrected chi connectivity index (χ4v) is 2.04. The molecule has 2 aromatic rings. The van der Waals surface area contributed by atoms with Crippen molar-refractivity contribution in [2.45, 2.75) is 13.5 Å². The highest BCUT2D eigenvalue weighted by atomic mass is 32.1. The number of thiocarbonyl (C=S) groups is 1. The van der Waals surface area contributed by atoms with E-state index in [1.807, 2.05) is 55.3 Å². The second-order valence-electron chi connectivity index (χ2n) is 4.92. The third kappa shape index (κ3) is 4.86. The zero-order valence-corrected chi connectivity index (χ0v) is 13.4. The number of nitrogens with one attached hydrogen (secondary N) is 1. The number of aryl methyl sites for hydroxylation is 1. The van der Waals surface area contributed by atoms with E-state index in [2.05, 4.69) is 5.32 Å². The summed E-state index contributed by atoms with van der Waals surface area (Å²) in [5, 5.41) is 3.05. The maximum atomic E-state index is 11.8. The molecule has 0 unspecified atom stereocenters. The number of rotatable bonds is 4. The summed E-state index contributed by atoms with van der Waals surface area (Å²) in [5.74, 6) is 1.16. The molecular weight excluding hydrogens is 296 g/mol. The molecule has 1 aromatic heterocycles. The summed E-state index contributed by atoms with van der Waals surface area (Å²) in [7, 11) is 1.84. The molecule has 114 valence electrons. The minimum Gasteiger partial charge on any atom is -0.462 e. The van der Waals surface area contributed by atoms with Gasteiger partial charge in [0.05, 0.1) is 0 Å². The van der Waals surface area contributed by atoms with Gasteiger partial charge < -0.3 is 9.32 Å². The van der Waals surface area contributed by atoms with E-state index in [1.165, 1.54) is 6.08 Å². The minimum atomic E-state index is -0.279. The molecule has 1 heterocycles. The van der Waals surface area contributed by atoms with E-state index in [0.29, 0.717) is 17.4 Å². The number of hydrogen-bond donors (Lipinski definition) is 1. The van der Waals surface area contributed by atoms with Gasteiger partial charge in [-0.15, -0.1) is 0 Å². The number of benzene rings is 1. The number of furan rings is 1. The van der Waals surface area contributed by atoms with Crippen LogP contribution in [0.4, 0.5) is 0 Å². The third-order valence-electron chi connectivity index (χ3n) is 3.00. The lowest BCUT2D eigenvalue weighted by atomic mass is 10.2. The smallest absolute Gasteiger partial charge is 0.250 e. The first-order valence-corrected chi connectivity index (χ1v) is 7.30. The summed E-state index contributed by atoms with van der Waals surface area (Å²) >= 11 is 5.22. The lowest BCUT2D eigenvalue weighted by Crippen LogP contribution is -2.39. The molecule has 5 heteroatoms. The Morgan fingerprint density at radius 1 is 1.27 bits per heavy atom. The van der Waals surface area contributed by atoms with Crippen LogP contribution in [0.2, 0.25) is 0 Å². The maximum absolute atomic E-state index is 11.8. The summed E-state index contributed by atoms with van der Waals surface area (Å²) in [4.78, 5) is 13.6. The predicted octanol–water partition coefficient (Wildman–Crippen LogP) is 3.13. The Bertz CT molecular complexity index is 677. The van der Waals surface area contributed by atoms with Crippen LogP contribution in [0.15, 0.2) is 53.0 Å². The Morgan fingerprint density at radius 2 is 2.00 bits per heavy atom. The van der Waals surface area contributed by atoms with Gasteiger partial charge in [0.25, 0.3) is 0 Å². The van der Waals surface area contributed by atoms with Crippen LogP contribution in [0.25, 0.3) is 6.08 Å². The topological polar surface area (TPSA) is 45.5 Å². The molecule has 0 aliphatic heterocycles. The summed E-state index contributed by atoms with van der Waals surface area (Å²) < 4.78 is 5.36. The molecule has 0 aliphatic carbocycles. The number of amides is 1. The summed E-state index contributed by atoms with van der Waals surface area (Å²) in [5.41, 5.74) is 1.13. The minimum absolute atomic E-state index is 0.279. The molecule has 4 nitrogen and oxygen atoms in total. The van der Waals surface area contributed by atoms with Crippen LogP contribution in [0.3, 0.4) is 0 Å². The van der Waals surface area contributed by atoms with E-state index >= 15 is 0 Å². The first-order chi connectivity index (χ1) is 10.5. The third-order valence-corrected chi connectivity index (χ3v) is 3.41. The van der Waals surface area contributed by atoms with Gasteiger partial charge in [-0.2, -0.15) is 0 Å². The quantitative estimate of drug-likeness (QED) is 0.695. The van der Waals surface area contributed by atoms with Crippen molar-refractivity contribution in [3.8, 4) is 0 Å². The van der Waals surface area contributed by atoms with Gasteiger partial charge in [0, 0.05) is 19.7 Å². The molecule has 1 N–H and O–H groups in total. The molecule has 0 spiro atoms. The van der Waals surface area contributed by atoms with E-state index in [9.17, 15) is 4.79 Å². The van der Waals surface area contributed by atoms with Gasteiger partial charge in [0.1, 0.15) is 11.5 Å². The van der Waals surface area contributed by atoms with Gasteiger partial charge in [0.2, 0.25) is 5.91 Å². The Hall–Kier alpha value is -2.40. The van der Waals surface area contributed by atoms with Crippen LogP contribution in [0.5, 0.6) is 0 Å². The van der Waals surface area contributed by atoms with Gasteiger partial charge in [-0.25, -0.2) is 0 Å². The van der Waals surface area contributed by atoms with E-state index < -0.39 is 0 Å². The zero-order valence-electron chi connectivity index (χ0n) is 12.6.